The van der Waals surface area contributed by atoms with Crippen LogP contribution in [0.2, 0.25) is 0 Å². The maximum absolute atomic E-state index is 12.7. The van der Waals surface area contributed by atoms with Gasteiger partial charge < -0.3 is 9.47 Å². The number of ether oxygens (including phenoxy) is 2. The van der Waals surface area contributed by atoms with Crippen LogP contribution < -0.4 is 0 Å². The summed E-state index contributed by atoms with van der Waals surface area (Å²) in [5.74, 6) is -1.01. The van der Waals surface area contributed by atoms with Gasteiger partial charge in [-0.2, -0.15) is 0 Å². The molecule has 4 nitrogen and oxygen atoms in total. The molecule has 0 aliphatic rings. The molecular weight excluding hydrogens is 376 g/mol. The molecule has 0 spiro atoms. The van der Waals surface area contributed by atoms with Crippen LogP contribution in [0.1, 0.15) is 29.5 Å². The topological polar surface area (TPSA) is 52.6 Å². The molecule has 0 heterocycles. The lowest BCUT2D eigenvalue weighted by atomic mass is 9.95. The first kappa shape index (κ1) is 21.3. The van der Waals surface area contributed by atoms with Crippen molar-refractivity contribution < 1.29 is 19.1 Å². The van der Waals surface area contributed by atoms with E-state index in [0.717, 1.165) is 16.7 Å². The molecule has 3 aromatic rings. The van der Waals surface area contributed by atoms with Crippen LogP contribution in [0, 0.1) is 5.92 Å². The van der Waals surface area contributed by atoms with Gasteiger partial charge in [-0.1, -0.05) is 91.0 Å². The van der Waals surface area contributed by atoms with E-state index < -0.39 is 5.92 Å². The Morgan fingerprint density at radius 2 is 1.10 bits per heavy atom. The minimum atomic E-state index is -0.402. The molecule has 30 heavy (non-hydrogen) atoms. The second kappa shape index (κ2) is 11.6. The van der Waals surface area contributed by atoms with Gasteiger partial charge in [-0.15, -0.1) is 0 Å². The number of carbonyl (C=O) groups excluding carboxylic acids is 2. The van der Waals surface area contributed by atoms with Gasteiger partial charge in [0.05, 0.1) is 5.92 Å². The predicted octanol–water partition coefficient (Wildman–Crippen LogP) is 5.11. The van der Waals surface area contributed by atoms with E-state index in [-0.39, 0.29) is 31.6 Å². The summed E-state index contributed by atoms with van der Waals surface area (Å²) >= 11 is 0. The van der Waals surface area contributed by atoms with Crippen molar-refractivity contribution in [3.8, 4) is 0 Å². The number of hydrogen-bond acceptors (Lipinski definition) is 4. The minimum absolute atomic E-state index is 0.171. The molecule has 4 heteroatoms. The molecule has 154 valence electrons. The highest BCUT2D eigenvalue weighted by Crippen LogP contribution is 2.18. The van der Waals surface area contributed by atoms with Crippen molar-refractivity contribution in [1.82, 2.24) is 0 Å². The van der Waals surface area contributed by atoms with Gasteiger partial charge in [0.1, 0.15) is 13.2 Å². The monoisotopic (exact) mass is 402 g/mol. The zero-order chi connectivity index (χ0) is 21.0. The van der Waals surface area contributed by atoms with E-state index in [0.29, 0.717) is 12.8 Å². The molecule has 0 bridgehead atoms. The standard InChI is InChI=1S/C26H26O4/c27-25(29-19-22-12-6-2-7-13-22)17-16-24(18-21-10-4-1-5-11-21)26(28)30-20-23-14-8-3-9-15-23/h1-15,24H,16-20H2. The van der Waals surface area contributed by atoms with Crippen molar-refractivity contribution in [2.24, 2.45) is 5.92 Å². The highest BCUT2D eigenvalue weighted by Gasteiger charge is 2.22. The summed E-state index contributed by atoms with van der Waals surface area (Å²) in [6.07, 6.45) is 1.08. The molecule has 0 aliphatic heterocycles. The van der Waals surface area contributed by atoms with Gasteiger partial charge >= 0.3 is 11.9 Å². The van der Waals surface area contributed by atoms with Crippen LogP contribution in [0.4, 0.5) is 0 Å². The van der Waals surface area contributed by atoms with Crippen LogP contribution in [-0.2, 0) is 38.7 Å². The molecular formula is C26H26O4. The van der Waals surface area contributed by atoms with Gasteiger partial charge in [-0.05, 0) is 29.5 Å². The molecule has 1 atom stereocenters. The van der Waals surface area contributed by atoms with Gasteiger partial charge in [0.25, 0.3) is 0 Å². The van der Waals surface area contributed by atoms with Crippen LogP contribution in [0.15, 0.2) is 91.0 Å². The molecule has 0 fully saturated rings. The van der Waals surface area contributed by atoms with Gasteiger partial charge in [-0.25, -0.2) is 0 Å². The van der Waals surface area contributed by atoms with Crippen molar-refractivity contribution in [2.45, 2.75) is 32.5 Å². The summed E-state index contributed by atoms with van der Waals surface area (Å²) in [6, 6.07) is 28.9. The maximum atomic E-state index is 12.7. The maximum Gasteiger partial charge on any atom is 0.309 e. The molecule has 0 saturated heterocycles. The van der Waals surface area contributed by atoms with Crippen LogP contribution in [0.5, 0.6) is 0 Å². The summed E-state index contributed by atoms with van der Waals surface area (Å²) in [6.45, 7) is 0.463. The number of esters is 2. The largest absolute Gasteiger partial charge is 0.461 e. The van der Waals surface area contributed by atoms with Crippen molar-refractivity contribution in [2.75, 3.05) is 0 Å². The lowest BCUT2D eigenvalue weighted by molar-refractivity contribution is -0.151. The molecule has 0 radical (unpaired) electrons. The SMILES string of the molecule is O=C(CCC(Cc1ccccc1)C(=O)OCc1ccccc1)OCc1ccccc1. The molecule has 0 aromatic heterocycles. The van der Waals surface area contributed by atoms with E-state index in [1.54, 1.807) is 0 Å². The second-order valence-electron chi connectivity index (χ2n) is 7.16. The summed E-state index contributed by atoms with van der Waals surface area (Å²) < 4.78 is 10.9. The summed E-state index contributed by atoms with van der Waals surface area (Å²) in [7, 11) is 0. The van der Waals surface area contributed by atoms with E-state index in [2.05, 4.69) is 0 Å². The number of benzene rings is 3. The molecule has 3 aromatic carbocycles. The van der Waals surface area contributed by atoms with Crippen molar-refractivity contribution in [3.05, 3.63) is 108 Å². The van der Waals surface area contributed by atoms with Crippen LogP contribution in [0.3, 0.4) is 0 Å². The van der Waals surface area contributed by atoms with Gasteiger partial charge in [0.2, 0.25) is 0 Å². The zero-order valence-corrected chi connectivity index (χ0v) is 16.9. The highest BCUT2D eigenvalue weighted by atomic mass is 16.5. The van der Waals surface area contributed by atoms with E-state index in [1.807, 2.05) is 91.0 Å². The van der Waals surface area contributed by atoms with Crippen molar-refractivity contribution in [1.29, 1.82) is 0 Å². The molecule has 0 amide bonds. The average Bonchev–Trinajstić information content (AvgIpc) is 2.81. The Morgan fingerprint density at radius 1 is 0.633 bits per heavy atom. The Balaban J connectivity index is 1.54. The number of carbonyl (C=O) groups is 2. The summed E-state index contributed by atoms with van der Waals surface area (Å²) in [5.41, 5.74) is 2.91. The smallest absolute Gasteiger partial charge is 0.309 e. The first-order valence-corrected chi connectivity index (χ1v) is 10.1. The first-order chi connectivity index (χ1) is 14.7. The molecule has 1 unspecified atom stereocenters. The van der Waals surface area contributed by atoms with Crippen LogP contribution in [0.25, 0.3) is 0 Å². The number of rotatable bonds is 10. The lowest BCUT2D eigenvalue weighted by Gasteiger charge is -2.16. The normalized spacial score (nSPS) is 11.5. The fourth-order valence-electron chi connectivity index (χ4n) is 3.15. The molecule has 0 aliphatic carbocycles. The third kappa shape index (κ3) is 7.21. The summed E-state index contributed by atoms with van der Waals surface area (Å²) in [4.78, 5) is 24.9. The number of hydrogen-bond donors (Lipinski definition) is 0. The van der Waals surface area contributed by atoms with E-state index in [9.17, 15) is 9.59 Å². The lowest BCUT2D eigenvalue weighted by Crippen LogP contribution is -2.21. The molecule has 3 rings (SSSR count). The quantitative estimate of drug-likeness (QED) is 0.442. The second-order valence-corrected chi connectivity index (χ2v) is 7.16. The van der Waals surface area contributed by atoms with Gasteiger partial charge in [0.15, 0.2) is 0 Å². The third-order valence-electron chi connectivity index (χ3n) is 4.82. The van der Waals surface area contributed by atoms with E-state index >= 15 is 0 Å². The van der Waals surface area contributed by atoms with Gasteiger partial charge in [-0.3, -0.25) is 9.59 Å². The van der Waals surface area contributed by atoms with Crippen LogP contribution in [-0.4, -0.2) is 11.9 Å². The predicted molar refractivity (Wildman–Crippen MR) is 115 cm³/mol. The van der Waals surface area contributed by atoms with Gasteiger partial charge in [0, 0.05) is 6.42 Å². The fraction of sp³-hybridized carbons (Fsp3) is 0.231. The minimum Gasteiger partial charge on any atom is -0.461 e. The summed E-state index contributed by atoms with van der Waals surface area (Å²) in [5, 5.41) is 0. The first-order valence-electron chi connectivity index (χ1n) is 10.1. The zero-order valence-electron chi connectivity index (χ0n) is 16.9. The Bertz CT molecular complexity index is 908. The Hall–Kier alpha value is -3.40. The fourth-order valence-corrected chi connectivity index (χ4v) is 3.15. The Morgan fingerprint density at radius 3 is 1.63 bits per heavy atom. The van der Waals surface area contributed by atoms with E-state index in [4.69, 9.17) is 9.47 Å². The Kier molecular flexibility index (Phi) is 8.22. The van der Waals surface area contributed by atoms with E-state index in [1.165, 1.54) is 0 Å². The average molecular weight is 402 g/mol. The highest BCUT2D eigenvalue weighted by molar-refractivity contribution is 5.75. The van der Waals surface area contributed by atoms with Crippen LogP contribution >= 0.6 is 0 Å². The molecule has 0 saturated carbocycles. The third-order valence-corrected chi connectivity index (χ3v) is 4.82. The molecule has 0 N–H and O–H groups in total. The van der Waals surface area contributed by atoms with Crippen molar-refractivity contribution in [3.63, 3.8) is 0 Å². The Labute approximate surface area is 177 Å². The van der Waals surface area contributed by atoms with Crippen molar-refractivity contribution >= 4 is 11.9 Å².